The molecule has 0 aliphatic rings. The number of aryl methyl sites for hydroxylation is 1. The summed E-state index contributed by atoms with van der Waals surface area (Å²) in [5.41, 5.74) is 3.47. The Morgan fingerprint density at radius 2 is 2.27 bits per heavy atom. The van der Waals surface area contributed by atoms with E-state index in [0.29, 0.717) is 6.61 Å². The van der Waals surface area contributed by atoms with Gasteiger partial charge in [-0.15, -0.1) is 0 Å². The van der Waals surface area contributed by atoms with Gasteiger partial charge in [0.25, 0.3) is 0 Å². The normalized spacial score (nSPS) is 11.1. The molecule has 0 radical (unpaired) electrons. The number of H-pyrrole nitrogens is 1. The minimum absolute atomic E-state index is 0.676. The van der Waals surface area contributed by atoms with Crippen LogP contribution in [-0.2, 0) is 11.3 Å². The Morgan fingerprint density at radius 3 is 3.00 bits per heavy atom. The van der Waals surface area contributed by atoms with Gasteiger partial charge in [0, 0.05) is 13.7 Å². The van der Waals surface area contributed by atoms with Gasteiger partial charge in [-0.05, 0) is 36.8 Å². The van der Waals surface area contributed by atoms with Crippen LogP contribution in [0.25, 0.3) is 11.0 Å². The fraction of sp³-hybridized carbons (Fsp3) is 0.364. The van der Waals surface area contributed by atoms with Gasteiger partial charge >= 0.3 is 0 Å². The van der Waals surface area contributed by atoms with Crippen LogP contribution in [0.15, 0.2) is 18.2 Å². The van der Waals surface area contributed by atoms with E-state index in [9.17, 15) is 0 Å². The summed E-state index contributed by atoms with van der Waals surface area (Å²) in [6.07, 6.45) is 0. The molecule has 80 valence electrons. The number of methoxy groups -OCH3 is 1. The first kappa shape index (κ1) is 10.4. The second kappa shape index (κ2) is 4.16. The molecule has 0 spiro atoms. The Hall–Kier alpha value is -1.13. The highest BCUT2D eigenvalue weighted by Crippen LogP contribution is 2.15. The molecule has 4 heteroatoms. The van der Waals surface area contributed by atoms with E-state index in [4.69, 9.17) is 17.0 Å². The van der Waals surface area contributed by atoms with E-state index in [1.165, 1.54) is 5.56 Å². The third-order valence-corrected chi connectivity index (χ3v) is 2.77. The van der Waals surface area contributed by atoms with Gasteiger partial charge in [-0.1, -0.05) is 6.07 Å². The number of aromatic amines is 1. The molecule has 0 aliphatic carbocycles. The maximum absolute atomic E-state index is 5.26. The maximum atomic E-state index is 5.26. The summed E-state index contributed by atoms with van der Waals surface area (Å²) in [7, 11) is 1.70. The van der Waals surface area contributed by atoms with Crippen LogP contribution in [0.5, 0.6) is 0 Å². The molecule has 0 fully saturated rings. The Labute approximate surface area is 93.7 Å². The largest absolute Gasteiger partial charge is 0.383 e. The summed E-state index contributed by atoms with van der Waals surface area (Å²) in [6.45, 7) is 3.55. The number of fused-ring (bicyclic) bond motifs is 1. The quantitative estimate of drug-likeness (QED) is 0.809. The number of aromatic nitrogens is 2. The second-order valence-electron chi connectivity index (χ2n) is 3.60. The molecule has 1 N–H and O–H groups in total. The predicted octanol–water partition coefficient (Wildman–Crippen LogP) is 2.65. The monoisotopic (exact) mass is 222 g/mol. The van der Waals surface area contributed by atoms with Crippen LogP contribution in [-0.4, -0.2) is 23.3 Å². The fourth-order valence-corrected chi connectivity index (χ4v) is 1.97. The summed E-state index contributed by atoms with van der Waals surface area (Å²) in [5.74, 6) is 0. The van der Waals surface area contributed by atoms with Crippen molar-refractivity contribution >= 4 is 23.3 Å². The summed E-state index contributed by atoms with van der Waals surface area (Å²) in [4.78, 5) is 3.19. The van der Waals surface area contributed by atoms with Crippen molar-refractivity contribution in [2.24, 2.45) is 0 Å². The summed E-state index contributed by atoms with van der Waals surface area (Å²) >= 11 is 5.26. The lowest BCUT2D eigenvalue weighted by Gasteiger charge is -2.03. The molecule has 0 bridgehead atoms. The zero-order chi connectivity index (χ0) is 10.8. The predicted molar refractivity (Wildman–Crippen MR) is 63.7 cm³/mol. The van der Waals surface area contributed by atoms with Crippen LogP contribution >= 0.6 is 12.2 Å². The summed E-state index contributed by atoms with van der Waals surface area (Å²) < 4.78 is 7.90. The molecule has 0 amide bonds. The number of hydrogen-bond donors (Lipinski definition) is 1. The molecule has 0 atom stereocenters. The van der Waals surface area contributed by atoms with Crippen molar-refractivity contribution in [2.45, 2.75) is 13.5 Å². The highest BCUT2D eigenvalue weighted by atomic mass is 32.1. The van der Waals surface area contributed by atoms with Crippen molar-refractivity contribution in [3.8, 4) is 0 Å². The molecule has 1 aromatic carbocycles. The SMILES string of the molecule is COCCn1c(=S)[nH]c2ccc(C)cc21. The molecule has 0 saturated carbocycles. The van der Waals surface area contributed by atoms with E-state index in [0.717, 1.165) is 22.3 Å². The minimum atomic E-state index is 0.676. The number of ether oxygens (including phenoxy) is 1. The first-order valence-electron chi connectivity index (χ1n) is 4.90. The molecule has 15 heavy (non-hydrogen) atoms. The van der Waals surface area contributed by atoms with Crippen LogP contribution in [0.3, 0.4) is 0 Å². The Bertz CT molecular complexity index is 527. The molecule has 1 aromatic heterocycles. The third-order valence-electron chi connectivity index (χ3n) is 2.45. The standard InChI is InChI=1S/C11H14N2OS/c1-8-3-4-9-10(7-8)13(5-6-14-2)11(15)12-9/h3-4,7H,5-6H2,1-2H3,(H,12,15). The van der Waals surface area contributed by atoms with E-state index in [1.807, 2.05) is 0 Å². The average Bonchev–Trinajstić information content (AvgIpc) is 2.51. The number of rotatable bonds is 3. The van der Waals surface area contributed by atoms with E-state index in [1.54, 1.807) is 7.11 Å². The smallest absolute Gasteiger partial charge is 0.178 e. The van der Waals surface area contributed by atoms with Crippen molar-refractivity contribution in [2.75, 3.05) is 13.7 Å². The Kier molecular flexibility index (Phi) is 2.88. The van der Waals surface area contributed by atoms with Crippen LogP contribution in [0.2, 0.25) is 0 Å². The minimum Gasteiger partial charge on any atom is -0.383 e. The number of nitrogens with zero attached hydrogens (tertiary/aromatic N) is 1. The number of imidazole rings is 1. The molecule has 1 heterocycles. The number of nitrogens with one attached hydrogen (secondary N) is 1. The van der Waals surface area contributed by atoms with Crippen LogP contribution in [0.4, 0.5) is 0 Å². The number of hydrogen-bond acceptors (Lipinski definition) is 2. The summed E-state index contributed by atoms with van der Waals surface area (Å²) in [6, 6.07) is 6.27. The lowest BCUT2D eigenvalue weighted by atomic mass is 10.2. The van der Waals surface area contributed by atoms with Crippen molar-refractivity contribution in [3.63, 3.8) is 0 Å². The zero-order valence-corrected chi connectivity index (χ0v) is 9.73. The summed E-state index contributed by atoms with van der Waals surface area (Å²) in [5, 5.41) is 0. The topological polar surface area (TPSA) is 29.9 Å². The first-order chi connectivity index (χ1) is 7.22. The fourth-order valence-electron chi connectivity index (χ4n) is 1.67. The lowest BCUT2D eigenvalue weighted by Crippen LogP contribution is -2.03. The van der Waals surface area contributed by atoms with E-state index in [-0.39, 0.29) is 0 Å². The molecule has 2 aromatic rings. The van der Waals surface area contributed by atoms with Crippen molar-refractivity contribution < 1.29 is 4.74 Å². The van der Waals surface area contributed by atoms with Crippen molar-refractivity contribution in [3.05, 3.63) is 28.5 Å². The average molecular weight is 222 g/mol. The molecular formula is C11H14N2OS. The van der Waals surface area contributed by atoms with Crippen molar-refractivity contribution in [1.29, 1.82) is 0 Å². The van der Waals surface area contributed by atoms with E-state index >= 15 is 0 Å². The van der Waals surface area contributed by atoms with Crippen molar-refractivity contribution in [1.82, 2.24) is 9.55 Å². The van der Waals surface area contributed by atoms with Gasteiger partial charge < -0.3 is 14.3 Å². The molecule has 2 rings (SSSR count). The number of benzene rings is 1. The van der Waals surface area contributed by atoms with E-state index in [2.05, 4.69) is 34.7 Å². The van der Waals surface area contributed by atoms with Crippen LogP contribution < -0.4 is 0 Å². The van der Waals surface area contributed by atoms with Gasteiger partial charge in [0.05, 0.1) is 17.6 Å². The molecule has 0 saturated heterocycles. The first-order valence-corrected chi connectivity index (χ1v) is 5.31. The Balaban J connectivity index is 2.55. The molecule has 0 unspecified atom stereocenters. The molecule has 0 aliphatic heterocycles. The lowest BCUT2D eigenvalue weighted by molar-refractivity contribution is 0.188. The van der Waals surface area contributed by atoms with Crippen LogP contribution in [0.1, 0.15) is 5.56 Å². The zero-order valence-electron chi connectivity index (χ0n) is 8.91. The van der Waals surface area contributed by atoms with Gasteiger partial charge in [0.15, 0.2) is 4.77 Å². The van der Waals surface area contributed by atoms with Gasteiger partial charge in [0.2, 0.25) is 0 Å². The molecular weight excluding hydrogens is 208 g/mol. The Morgan fingerprint density at radius 1 is 1.47 bits per heavy atom. The second-order valence-corrected chi connectivity index (χ2v) is 3.98. The highest BCUT2D eigenvalue weighted by Gasteiger charge is 2.03. The van der Waals surface area contributed by atoms with E-state index < -0.39 is 0 Å². The highest BCUT2D eigenvalue weighted by molar-refractivity contribution is 7.71. The van der Waals surface area contributed by atoms with Gasteiger partial charge in [-0.3, -0.25) is 0 Å². The molecule has 3 nitrogen and oxygen atoms in total. The van der Waals surface area contributed by atoms with Crippen LogP contribution in [0, 0.1) is 11.7 Å². The third kappa shape index (κ3) is 1.96. The van der Waals surface area contributed by atoms with Gasteiger partial charge in [-0.2, -0.15) is 0 Å². The maximum Gasteiger partial charge on any atom is 0.178 e. The van der Waals surface area contributed by atoms with Gasteiger partial charge in [-0.25, -0.2) is 0 Å². The van der Waals surface area contributed by atoms with Gasteiger partial charge in [0.1, 0.15) is 0 Å².